The number of anilines is 1. The van der Waals surface area contributed by atoms with Crippen molar-refractivity contribution in [3.05, 3.63) is 42.6 Å². The quantitative estimate of drug-likeness (QED) is 0.809. The monoisotopic (exact) mass is 317 g/mol. The molecule has 2 aromatic rings. The van der Waals surface area contributed by atoms with Gasteiger partial charge in [-0.05, 0) is 32.0 Å². The molecule has 3 rings (SSSR count). The molecule has 1 aliphatic rings. The van der Waals surface area contributed by atoms with E-state index in [-0.39, 0.29) is 18.0 Å². The zero-order valence-electron chi connectivity index (χ0n) is 13.3. The number of amides is 1. The number of rotatable bonds is 3. The van der Waals surface area contributed by atoms with Crippen LogP contribution >= 0.6 is 0 Å². The number of hydrogen-bond acceptors (Lipinski definition) is 4. The van der Waals surface area contributed by atoms with Crippen molar-refractivity contribution < 1.29 is 9.18 Å². The highest BCUT2D eigenvalue weighted by Gasteiger charge is 2.30. The molecular formula is C16H20FN5O. The van der Waals surface area contributed by atoms with E-state index >= 15 is 0 Å². The molecule has 1 fully saturated rings. The van der Waals surface area contributed by atoms with Crippen molar-refractivity contribution in [3.8, 4) is 0 Å². The number of piperazine rings is 1. The molecule has 1 amide bonds. The number of carbonyl (C=O) groups is 1. The van der Waals surface area contributed by atoms with E-state index in [2.05, 4.69) is 10.1 Å². The van der Waals surface area contributed by atoms with Crippen LogP contribution in [0.3, 0.4) is 0 Å². The topological polar surface area (TPSA) is 54.3 Å². The SMILES string of the molecule is CC1CN(C(=O)C(C)n2cccn2)CCN1c1cccc(F)n1. The van der Waals surface area contributed by atoms with Gasteiger partial charge in [-0.15, -0.1) is 0 Å². The number of aromatic nitrogens is 3. The van der Waals surface area contributed by atoms with Gasteiger partial charge in [-0.2, -0.15) is 9.49 Å². The van der Waals surface area contributed by atoms with Crippen molar-refractivity contribution >= 4 is 11.7 Å². The molecule has 7 heteroatoms. The highest BCUT2D eigenvalue weighted by atomic mass is 19.1. The highest BCUT2D eigenvalue weighted by molar-refractivity contribution is 5.80. The van der Waals surface area contributed by atoms with Gasteiger partial charge in [0.05, 0.1) is 0 Å². The molecule has 2 aromatic heterocycles. The Balaban J connectivity index is 1.67. The summed E-state index contributed by atoms with van der Waals surface area (Å²) in [4.78, 5) is 20.4. The van der Waals surface area contributed by atoms with Gasteiger partial charge in [-0.1, -0.05) is 6.07 Å². The van der Waals surface area contributed by atoms with Gasteiger partial charge in [-0.3, -0.25) is 9.48 Å². The minimum absolute atomic E-state index is 0.0485. The Morgan fingerprint density at radius 3 is 2.83 bits per heavy atom. The Morgan fingerprint density at radius 1 is 1.35 bits per heavy atom. The molecule has 122 valence electrons. The van der Waals surface area contributed by atoms with Crippen molar-refractivity contribution in [1.29, 1.82) is 0 Å². The van der Waals surface area contributed by atoms with Gasteiger partial charge >= 0.3 is 0 Å². The van der Waals surface area contributed by atoms with Gasteiger partial charge < -0.3 is 9.80 Å². The number of halogens is 1. The summed E-state index contributed by atoms with van der Waals surface area (Å²) in [7, 11) is 0. The Hall–Kier alpha value is -2.44. The first-order valence-corrected chi connectivity index (χ1v) is 7.73. The summed E-state index contributed by atoms with van der Waals surface area (Å²) in [5.74, 6) is 0.178. The smallest absolute Gasteiger partial charge is 0.247 e. The van der Waals surface area contributed by atoms with Gasteiger partial charge in [0, 0.05) is 38.1 Å². The molecule has 23 heavy (non-hydrogen) atoms. The average molecular weight is 317 g/mol. The number of pyridine rings is 1. The second kappa shape index (κ2) is 6.36. The summed E-state index contributed by atoms with van der Waals surface area (Å²) in [5, 5.41) is 4.13. The molecular weight excluding hydrogens is 297 g/mol. The molecule has 0 bridgehead atoms. The summed E-state index contributed by atoms with van der Waals surface area (Å²) in [6.07, 6.45) is 3.46. The molecule has 2 atom stereocenters. The van der Waals surface area contributed by atoms with Gasteiger partial charge in [-0.25, -0.2) is 4.98 Å². The van der Waals surface area contributed by atoms with Crippen LogP contribution in [0, 0.1) is 5.95 Å². The number of nitrogens with zero attached hydrogens (tertiary/aromatic N) is 5. The highest BCUT2D eigenvalue weighted by Crippen LogP contribution is 2.20. The molecule has 3 heterocycles. The molecule has 0 aliphatic carbocycles. The van der Waals surface area contributed by atoms with Crippen molar-refractivity contribution in [2.24, 2.45) is 0 Å². The molecule has 1 saturated heterocycles. The van der Waals surface area contributed by atoms with Crippen LogP contribution in [0.15, 0.2) is 36.7 Å². The largest absolute Gasteiger partial charge is 0.350 e. The van der Waals surface area contributed by atoms with E-state index in [4.69, 9.17) is 0 Å². The second-order valence-electron chi connectivity index (χ2n) is 5.81. The summed E-state index contributed by atoms with van der Waals surface area (Å²) < 4.78 is 15.0. The van der Waals surface area contributed by atoms with Crippen LogP contribution < -0.4 is 4.90 Å². The lowest BCUT2D eigenvalue weighted by Crippen LogP contribution is -2.55. The minimum Gasteiger partial charge on any atom is -0.350 e. The maximum absolute atomic E-state index is 13.3. The fourth-order valence-electron chi connectivity index (χ4n) is 2.94. The van der Waals surface area contributed by atoms with Crippen LogP contribution in [0.5, 0.6) is 0 Å². The Morgan fingerprint density at radius 2 is 2.17 bits per heavy atom. The van der Waals surface area contributed by atoms with Crippen molar-refractivity contribution in [2.45, 2.75) is 25.9 Å². The second-order valence-corrected chi connectivity index (χ2v) is 5.81. The first-order chi connectivity index (χ1) is 11.1. The van der Waals surface area contributed by atoms with Crippen LogP contribution in [0.4, 0.5) is 10.2 Å². The molecule has 0 aromatic carbocycles. The molecule has 0 spiro atoms. The van der Waals surface area contributed by atoms with Crippen LogP contribution in [0.25, 0.3) is 0 Å². The maximum Gasteiger partial charge on any atom is 0.247 e. The number of carbonyl (C=O) groups excluding carboxylic acids is 1. The predicted octanol–water partition coefficient (Wildman–Crippen LogP) is 1.72. The fourth-order valence-corrected chi connectivity index (χ4v) is 2.94. The predicted molar refractivity (Wildman–Crippen MR) is 84.5 cm³/mol. The van der Waals surface area contributed by atoms with Crippen molar-refractivity contribution in [2.75, 3.05) is 24.5 Å². The summed E-state index contributed by atoms with van der Waals surface area (Å²) >= 11 is 0. The molecule has 2 unspecified atom stereocenters. The third-order valence-corrected chi connectivity index (χ3v) is 4.21. The Kier molecular flexibility index (Phi) is 4.27. The number of hydrogen-bond donors (Lipinski definition) is 0. The zero-order valence-corrected chi connectivity index (χ0v) is 13.3. The average Bonchev–Trinajstić information content (AvgIpc) is 3.07. The van der Waals surface area contributed by atoms with Crippen molar-refractivity contribution in [1.82, 2.24) is 19.7 Å². The van der Waals surface area contributed by atoms with Gasteiger partial charge in [0.25, 0.3) is 0 Å². The molecule has 0 N–H and O–H groups in total. The van der Waals surface area contributed by atoms with E-state index in [0.29, 0.717) is 25.5 Å². The zero-order chi connectivity index (χ0) is 16.4. The third kappa shape index (κ3) is 3.18. The molecule has 0 saturated carbocycles. The Labute approximate surface area is 134 Å². The molecule has 1 aliphatic heterocycles. The van der Waals surface area contributed by atoms with E-state index in [1.807, 2.05) is 23.6 Å². The lowest BCUT2D eigenvalue weighted by molar-refractivity contribution is -0.135. The summed E-state index contributed by atoms with van der Waals surface area (Å²) in [6, 6.07) is 6.34. The van der Waals surface area contributed by atoms with E-state index in [1.54, 1.807) is 35.3 Å². The molecule has 6 nitrogen and oxygen atoms in total. The fraction of sp³-hybridized carbons (Fsp3) is 0.438. The third-order valence-electron chi connectivity index (χ3n) is 4.21. The lowest BCUT2D eigenvalue weighted by Gasteiger charge is -2.41. The van der Waals surface area contributed by atoms with Gasteiger partial charge in [0.2, 0.25) is 11.9 Å². The van der Waals surface area contributed by atoms with Crippen molar-refractivity contribution in [3.63, 3.8) is 0 Å². The summed E-state index contributed by atoms with van der Waals surface area (Å²) in [6.45, 7) is 5.68. The van der Waals surface area contributed by atoms with Gasteiger partial charge in [0.15, 0.2) is 0 Å². The first-order valence-electron chi connectivity index (χ1n) is 7.73. The molecule has 0 radical (unpaired) electrons. The standard InChI is InChI=1S/C16H20FN5O/c1-12-11-20(16(23)13(2)22-8-4-7-18-22)9-10-21(12)15-6-3-5-14(17)19-15/h3-8,12-13H,9-11H2,1-2H3. The minimum atomic E-state index is -0.486. The van der Waals surface area contributed by atoms with Crippen LogP contribution in [0.1, 0.15) is 19.9 Å². The van der Waals surface area contributed by atoms with E-state index in [0.717, 1.165) is 0 Å². The lowest BCUT2D eigenvalue weighted by atomic mass is 10.1. The van der Waals surface area contributed by atoms with E-state index in [1.165, 1.54) is 6.07 Å². The maximum atomic E-state index is 13.3. The Bertz CT molecular complexity index is 675. The first kappa shape index (κ1) is 15.5. The van der Waals surface area contributed by atoms with E-state index in [9.17, 15) is 9.18 Å². The van der Waals surface area contributed by atoms with Crippen LogP contribution in [-0.4, -0.2) is 51.2 Å². The van der Waals surface area contributed by atoms with E-state index < -0.39 is 5.95 Å². The normalized spacial score (nSPS) is 19.7. The van der Waals surface area contributed by atoms with Crippen LogP contribution in [0.2, 0.25) is 0 Å². The van der Waals surface area contributed by atoms with Gasteiger partial charge in [0.1, 0.15) is 11.9 Å². The summed E-state index contributed by atoms with van der Waals surface area (Å²) in [5.41, 5.74) is 0. The van der Waals surface area contributed by atoms with Crippen LogP contribution in [-0.2, 0) is 4.79 Å².